The molecule has 0 saturated carbocycles. The van der Waals surface area contributed by atoms with Crippen molar-refractivity contribution in [1.82, 2.24) is 0 Å². The van der Waals surface area contributed by atoms with Crippen LogP contribution in [0.25, 0.3) is 0 Å². The van der Waals surface area contributed by atoms with Gasteiger partial charge in [-0.05, 0) is 25.0 Å². The van der Waals surface area contributed by atoms with Crippen molar-refractivity contribution in [3.05, 3.63) is 71.8 Å². The number of carboxylic acid groups (broad SMARTS) is 2. The molecule has 4 rings (SSSR count). The van der Waals surface area contributed by atoms with E-state index in [0.717, 1.165) is 20.9 Å². The number of aliphatic carboxylic acids is 2. The molecule has 7 nitrogen and oxygen atoms in total. The lowest BCUT2D eigenvalue weighted by Crippen LogP contribution is -3.29. The summed E-state index contributed by atoms with van der Waals surface area (Å²) >= 11 is 0. The molecule has 2 saturated heterocycles. The van der Waals surface area contributed by atoms with Crippen LogP contribution < -0.4 is 20.0 Å². The van der Waals surface area contributed by atoms with Gasteiger partial charge in [0.2, 0.25) is 0 Å². The first-order valence-corrected chi connectivity index (χ1v) is 11.0. The van der Waals surface area contributed by atoms with E-state index in [1.807, 2.05) is 60.7 Å². The molecule has 0 aliphatic carbocycles. The number of ketones is 1. The lowest BCUT2D eigenvalue weighted by molar-refractivity contribution is -0.970. The van der Waals surface area contributed by atoms with Gasteiger partial charge in [-0.2, -0.15) is 0 Å². The van der Waals surface area contributed by atoms with E-state index in [-0.39, 0.29) is 32.0 Å². The maximum Gasteiger partial charge on any atom is 0.176 e. The number of hydrogen-bond donors (Lipinski definition) is 2. The van der Waals surface area contributed by atoms with Crippen LogP contribution >= 0.6 is 0 Å². The summed E-state index contributed by atoms with van der Waals surface area (Å²) in [7, 11) is 0. The van der Waals surface area contributed by atoms with Gasteiger partial charge in [0, 0.05) is 0 Å². The number of likely N-dealkylation sites (tertiary alicyclic amines) is 2. The lowest BCUT2D eigenvalue weighted by atomic mass is 9.57. The fourth-order valence-electron chi connectivity index (χ4n) is 5.71. The highest BCUT2D eigenvalue weighted by Gasteiger charge is 2.67. The van der Waals surface area contributed by atoms with Crippen molar-refractivity contribution >= 4 is 17.7 Å². The van der Waals surface area contributed by atoms with E-state index in [4.69, 9.17) is 0 Å². The van der Waals surface area contributed by atoms with Gasteiger partial charge in [-0.1, -0.05) is 60.7 Å². The molecular formula is C25H28N2O5. The molecular weight excluding hydrogens is 408 g/mol. The average Bonchev–Trinajstić information content (AvgIpc) is 2.79. The molecule has 2 atom stereocenters. The van der Waals surface area contributed by atoms with Gasteiger partial charge in [-0.25, -0.2) is 0 Å². The zero-order chi connectivity index (χ0) is 23.1. The molecule has 0 amide bonds. The van der Waals surface area contributed by atoms with E-state index >= 15 is 0 Å². The van der Waals surface area contributed by atoms with Gasteiger partial charge in [-0.3, -0.25) is 4.79 Å². The van der Waals surface area contributed by atoms with Crippen LogP contribution in [0, 0.1) is 0 Å². The first kappa shape index (κ1) is 22.2. The largest absolute Gasteiger partial charge is 0.544 e. The van der Waals surface area contributed by atoms with Crippen molar-refractivity contribution < 1.29 is 34.4 Å². The van der Waals surface area contributed by atoms with E-state index in [9.17, 15) is 24.6 Å². The summed E-state index contributed by atoms with van der Waals surface area (Å²) in [5.41, 5.74) is -0.469. The number of nitrogens with one attached hydrogen (secondary N) is 2. The van der Waals surface area contributed by atoms with Gasteiger partial charge in [0.05, 0.1) is 11.9 Å². The molecule has 168 valence electrons. The molecule has 0 spiro atoms. The summed E-state index contributed by atoms with van der Waals surface area (Å²) in [6.45, 7) is 4.29. The standard InChI is InChI=1S/C25H28N2O5/c1-17(21(28)29)26-13-24(19-9-5-3-6-10-19)15-27(18(2)22(30)31)16-25(14-26,23(24)32)20-11-7-4-8-12-20/h3-12,17-18H,13-16H2,1-2H3,(H,28,29)(H,30,31). The number of benzene rings is 2. The van der Waals surface area contributed by atoms with Gasteiger partial charge in [0.1, 0.15) is 38.3 Å². The van der Waals surface area contributed by atoms with Crippen LogP contribution in [-0.4, -0.2) is 56.0 Å². The Labute approximate surface area is 187 Å². The Kier molecular flexibility index (Phi) is 5.65. The summed E-state index contributed by atoms with van der Waals surface area (Å²) in [5, 5.41) is 23.7. The molecule has 2 bridgehead atoms. The van der Waals surface area contributed by atoms with Crippen LogP contribution in [0.4, 0.5) is 0 Å². The maximum atomic E-state index is 14.4. The Morgan fingerprint density at radius 3 is 1.31 bits per heavy atom. The predicted octanol–water partition coefficient (Wildman–Crippen LogP) is -3.49. The van der Waals surface area contributed by atoms with Crippen molar-refractivity contribution in [3.8, 4) is 0 Å². The highest BCUT2D eigenvalue weighted by molar-refractivity contribution is 6.00. The Morgan fingerprint density at radius 2 is 1.03 bits per heavy atom. The molecule has 2 N–H and O–H groups in total. The molecule has 0 radical (unpaired) electrons. The summed E-state index contributed by atoms with van der Waals surface area (Å²) in [6, 6.07) is 17.1. The maximum absolute atomic E-state index is 14.4. The number of carboxylic acids is 2. The number of piperidine rings is 2. The van der Waals surface area contributed by atoms with Crippen LogP contribution in [-0.2, 0) is 25.2 Å². The van der Waals surface area contributed by atoms with E-state index in [1.54, 1.807) is 13.8 Å². The molecule has 2 unspecified atom stereocenters. The quantitative estimate of drug-likeness (QED) is 0.489. The molecule has 32 heavy (non-hydrogen) atoms. The SMILES string of the molecule is CC(C(=O)[O-])[NH+]1CC2(c3ccccc3)C[NH+](C(C)C(=O)[O-])CC(c3ccccc3)(C1)C2=O. The van der Waals surface area contributed by atoms with Gasteiger partial charge < -0.3 is 29.6 Å². The third kappa shape index (κ3) is 3.42. The van der Waals surface area contributed by atoms with E-state index < -0.39 is 34.9 Å². The average molecular weight is 437 g/mol. The van der Waals surface area contributed by atoms with E-state index in [0.29, 0.717) is 0 Å². The number of rotatable bonds is 6. The number of carbonyl (C=O) groups excluding carboxylic acids is 3. The fourth-order valence-corrected chi connectivity index (χ4v) is 5.71. The predicted molar refractivity (Wildman–Crippen MR) is 112 cm³/mol. The third-order valence-electron chi connectivity index (χ3n) is 7.57. The monoisotopic (exact) mass is 436 g/mol. The first-order chi connectivity index (χ1) is 15.2. The van der Waals surface area contributed by atoms with Crippen molar-refractivity contribution in [2.24, 2.45) is 0 Å². The van der Waals surface area contributed by atoms with E-state index in [1.165, 1.54) is 0 Å². The molecule has 2 aliphatic heterocycles. The number of carbonyl (C=O) groups is 3. The van der Waals surface area contributed by atoms with Crippen molar-refractivity contribution in [1.29, 1.82) is 0 Å². The summed E-state index contributed by atoms with van der Waals surface area (Å²) in [4.78, 5) is 39.6. The van der Waals surface area contributed by atoms with Gasteiger partial charge >= 0.3 is 0 Å². The number of fused-ring (bicyclic) bond motifs is 2. The number of hydrogen-bond acceptors (Lipinski definition) is 5. The molecule has 2 fully saturated rings. The van der Waals surface area contributed by atoms with E-state index in [2.05, 4.69) is 0 Å². The normalized spacial score (nSPS) is 31.5. The molecule has 7 heteroatoms. The molecule has 2 aromatic rings. The van der Waals surface area contributed by atoms with Gasteiger partial charge in [0.25, 0.3) is 0 Å². The Hall–Kier alpha value is -3.03. The second-order valence-electron chi connectivity index (χ2n) is 9.33. The molecule has 2 aromatic carbocycles. The summed E-state index contributed by atoms with van der Waals surface area (Å²) < 4.78 is 0. The molecule has 2 aliphatic rings. The van der Waals surface area contributed by atoms with Crippen LogP contribution in [0.3, 0.4) is 0 Å². The fraction of sp³-hybridized carbons (Fsp3) is 0.400. The highest BCUT2D eigenvalue weighted by Crippen LogP contribution is 2.38. The van der Waals surface area contributed by atoms with Gasteiger partial charge in [0.15, 0.2) is 16.6 Å². The van der Waals surface area contributed by atoms with Crippen LogP contribution in [0.1, 0.15) is 25.0 Å². The summed E-state index contributed by atoms with van der Waals surface area (Å²) in [6.07, 6.45) is 0. The minimum Gasteiger partial charge on any atom is -0.544 e. The van der Waals surface area contributed by atoms with Crippen LogP contribution in [0.15, 0.2) is 60.7 Å². The van der Waals surface area contributed by atoms with Crippen molar-refractivity contribution in [2.75, 3.05) is 26.2 Å². The van der Waals surface area contributed by atoms with Crippen LogP contribution in [0.2, 0.25) is 0 Å². The number of quaternary nitrogens is 2. The highest BCUT2D eigenvalue weighted by atomic mass is 16.4. The zero-order valence-corrected chi connectivity index (χ0v) is 18.3. The smallest absolute Gasteiger partial charge is 0.176 e. The zero-order valence-electron chi connectivity index (χ0n) is 18.3. The lowest BCUT2D eigenvalue weighted by Gasteiger charge is -2.55. The Morgan fingerprint density at radius 1 is 0.719 bits per heavy atom. The van der Waals surface area contributed by atoms with Crippen LogP contribution in [0.5, 0.6) is 0 Å². The minimum atomic E-state index is -1.16. The van der Waals surface area contributed by atoms with Gasteiger partial charge in [-0.15, -0.1) is 0 Å². The Bertz CT molecular complexity index is 930. The topological polar surface area (TPSA) is 106 Å². The third-order valence-corrected chi connectivity index (χ3v) is 7.57. The minimum absolute atomic E-state index is 0.0333. The second kappa shape index (κ2) is 8.15. The second-order valence-corrected chi connectivity index (χ2v) is 9.33. The van der Waals surface area contributed by atoms with Crippen molar-refractivity contribution in [2.45, 2.75) is 36.8 Å². The molecule has 0 aromatic heterocycles. The first-order valence-electron chi connectivity index (χ1n) is 11.0. The number of Topliss-reactive ketones (excluding diaryl/α,β-unsaturated/α-hetero) is 1. The summed E-state index contributed by atoms with van der Waals surface area (Å²) in [5.74, 6) is -2.29. The Balaban J connectivity index is 1.95. The molecule has 2 heterocycles. The van der Waals surface area contributed by atoms with Crippen molar-refractivity contribution in [3.63, 3.8) is 0 Å².